The molecule has 2 heterocycles. The first-order valence-electron chi connectivity index (χ1n) is 9.54. The summed E-state index contributed by atoms with van der Waals surface area (Å²) in [6.45, 7) is 0.0130. The second-order valence-electron chi connectivity index (χ2n) is 6.81. The monoisotopic (exact) mass is 493 g/mol. The number of rotatable bonds is 6. The van der Waals surface area contributed by atoms with E-state index < -0.39 is 26.0 Å². The summed E-state index contributed by atoms with van der Waals surface area (Å²) in [5.74, 6) is -0.426. The van der Waals surface area contributed by atoms with Crippen LogP contribution in [-0.4, -0.2) is 67.7 Å². The van der Waals surface area contributed by atoms with Crippen LogP contribution >= 0.6 is 11.3 Å². The van der Waals surface area contributed by atoms with E-state index in [1.54, 1.807) is 48.5 Å². The molecule has 4 rings (SSSR count). The molecule has 1 N–H and O–H groups in total. The number of nitrogens with one attached hydrogen (secondary N) is 1. The molecule has 1 aromatic heterocycles. The van der Waals surface area contributed by atoms with Gasteiger partial charge in [0.25, 0.3) is 15.9 Å². The normalized spacial score (nSPS) is 16.0. The van der Waals surface area contributed by atoms with Gasteiger partial charge in [0, 0.05) is 31.7 Å². The molecule has 0 spiro atoms. The van der Waals surface area contributed by atoms with Gasteiger partial charge in [-0.05, 0) is 24.3 Å². The number of hydrogen-bond donors (Lipinski definition) is 1. The Morgan fingerprint density at radius 1 is 0.781 bits per heavy atom. The fourth-order valence-electron chi connectivity index (χ4n) is 3.13. The van der Waals surface area contributed by atoms with E-state index in [1.165, 1.54) is 20.7 Å². The van der Waals surface area contributed by atoms with Gasteiger partial charge in [0.1, 0.15) is 0 Å². The molecule has 13 heteroatoms. The first-order chi connectivity index (χ1) is 15.3. The van der Waals surface area contributed by atoms with E-state index in [2.05, 4.69) is 15.5 Å². The van der Waals surface area contributed by atoms with Crippen molar-refractivity contribution in [1.29, 1.82) is 0 Å². The Kier molecular flexibility index (Phi) is 6.35. The van der Waals surface area contributed by atoms with Crippen molar-refractivity contribution < 1.29 is 21.6 Å². The Morgan fingerprint density at radius 2 is 1.31 bits per heavy atom. The molecule has 3 aromatic rings. The third-order valence-corrected chi connectivity index (χ3v) is 9.80. The van der Waals surface area contributed by atoms with Gasteiger partial charge < -0.3 is 0 Å². The van der Waals surface area contributed by atoms with E-state index >= 15 is 0 Å². The Bertz CT molecular complexity index is 1300. The molecule has 32 heavy (non-hydrogen) atoms. The summed E-state index contributed by atoms with van der Waals surface area (Å²) < 4.78 is 53.5. The van der Waals surface area contributed by atoms with Crippen LogP contribution in [0.15, 0.2) is 69.9 Å². The lowest BCUT2D eigenvalue weighted by Gasteiger charge is -2.32. The van der Waals surface area contributed by atoms with Gasteiger partial charge in [-0.1, -0.05) is 47.7 Å². The molecule has 1 amide bonds. The van der Waals surface area contributed by atoms with Gasteiger partial charge in [-0.25, -0.2) is 16.8 Å². The maximum absolute atomic E-state index is 12.9. The number of carbonyl (C=O) groups excluding carboxylic acids is 1. The molecule has 2 aromatic carbocycles. The number of benzene rings is 2. The third kappa shape index (κ3) is 4.56. The first-order valence-corrected chi connectivity index (χ1v) is 13.2. The number of anilines is 1. The smallest absolute Gasteiger partial charge is 0.272 e. The maximum Gasteiger partial charge on any atom is 0.272 e. The van der Waals surface area contributed by atoms with Gasteiger partial charge in [0.05, 0.1) is 4.90 Å². The number of carbonyl (C=O) groups is 1. The number of nitrogens with zero attached hydrogens (tertiary/aromatic N) is 4. The minimum atomic E-state index is -3.97. The van der Waals surface area contributed by atoms with E-state index in [4.69, 9.17) is 0 Å². The minimum absolute atomic E-state index is 0.0142. The minimum Gasteiger partial charge on any atom is -0.296 e. The average Bonchev–Trinajstić information content (AvgIpc) is 3.29. The van der Waals surface area contributed by atoms with Gasteiger partial charge in [0.2, 0.25) is 19.5 Å². The largest absolute Gasteiger partial charge is 0.296 e. The van der Waals surface area contributed by atoms with E-state index in [1.807, 2.05) is 0 Å². The van der Waals surface area contributed by atoms with Crippen molar-refractivity contribution in [2.24, 2.45) is 0 Å². The number of piperazine rings is 1. The number of aromatic nitrogens is 2. The molecule has 1 fully saturated rings. The van der Waals surface area contributed by atoms with E-state index in [0.717, 1.165) is 11.3 Å². The first kappa shape index (κ1) is 22.5. The number of sulfonamides is 2. The molecule has 0 atom stereocenters. The van der Waals surface area contributed by atoms with E-state index in [0.29, 0.717) is 5.56 Å². The van der Waals surface area contributed by atoms with Crippen molar-refractivity contribution in [3.05, 3.63) is 66.2 Å². The van der Waals surface area contributed by atoms with Gasteiger partial charge >= 0.3 is 0 Å². The third-order valence-electron chi connectivity index (χ3n) is 4.80. The van der Waals surface area contributed by atoms with Crippen molar-refractivity contribution in [3.63, 3.8) is 0 Å². The molecule has 10 nitrogen and oxygen atoms in total. The summed E-state index contributed by atoms with van der Waals surface area (Å²) in [5, 5.41) is 10.1. The molecule has 1 aliphatic rings. The lowest BCUT2D eigenvalue weighted by Crippen LogP contribution is -2.50. The average molecular weight is 494 g/mol. The van der Waals surface area contributed by atoms with E-state index in [9.17, 15) is 21.6 Å². The van der Waals surface area contributed by atoms with E-state index in [-0.39, 0.29) is 40.5 Å². The topological polar surface area (TPSA) is 130 Å². The second-order valence-corrected chi connectivity index (χ2v) is 11.8. The molecule has 0 saturated carbocycles. The highest BCUT2D eigenvalue weighted by molar-refractivity contribution is 7.91. The standard InChI is InChI=1S/C19H19N5O5S3/c25-17(15-7-3-1-4-8-15)20-18-21-22-19(30-18)32(28,29)24-13-11-23(12-14-24)31(26,27)16-9-5-2-6-10-16/h1-10H,11-14H2,(H,20,21,25). The van der Waals surface area contributed by atoms with Gasteiger partial charge in [-0.2, -0.15) is 8.61 Å². The molecule has 0 bridgehead atoms. The van der Waals surface area contributed by atoms with Crippen LogP contribution in [0.4, 0.5) is 5.13 Å². The number of amides is 1. The van der Waals surface area contributed by atoms with Crippen molar-refractivity contribution in [2.75, 3.05) is 31.5 Å². The van der Waals surface area contributed by atoms with Crippen LogP contribution < -0.4 is 5.32 Å². The zero-order chi connectivity index (χ0) is 22.8. The highest BCUT2D eigenvalue weighted by atomic mass is 32.2. The van der Waals surface area contributed by atoms with Crippen LogP contribution in [0.25, 0.3) is 0 Å². The van der Waals surface area contributed by atoms with Crippen molar-refractivity contribution in [2.45, 2.75) is 9.24 Å². The summed E-state index contributed by atoms with van der Waals surface area (Å²) in [6.07, 6.45) is 0. The molecule has 1 aliphatic heterocycles. The molecule has 0 unspecified atom stereocenters. The highest BCUT2D eigenvalue weighted by Crippen LogP contribution is 2.26. The zero-order valence-electron chi connectivity index (χ0n) is 16.7. The SMILES string of the molecule is O=C(Nc1nnc(S(=O)(=O)N2CCN(S(=O)(=O)c3ccccc3)CC2)s1)c1ccccc1. The maximum atomic E-state index is 12.9. The molecule has 168 valence electrons. The zero-order valence-corrected chi connectivity index (χ0v) is 19.1. The summed E-state index contributed by atoms with van der Waals surface area (Å²) >= 11 is 0.744. The second kappa shape index (κ2) is 9.03. The lowest BCUT2D eigenvalue weighted by atomic mass is 10.2. The summed E-state index contributed by atoms with van der Waals surface area (Å²) in [5.41, 5.74) is 0.405. The van der Waals surface area contributed by atoms with Crippen molar-refractivity contribution >= 4 is 42.4 Å². The Morgan fingerprint density at radius 3 is 1.91 bits per heavy atom. The molecular weight excluding hydrogens is 474 g/mol. The number of hydrogen-bond acceptors (Lipinski definition) is 8. The summed E-state index contributed by atoms with van der Waals surface area (Å²) in [7, 11) is -7.66. The highest BCUT2D eigenvalue weighted by Gasteiger charge is 2.35. The van der Waals surface area contributed by atoms with Crippen LogP contribution in [0.5, 0.6) is 0 Å². The Balaban J connectivity index is 1.42. The molecule has 0 aliphatic carbocycles. The Hall–Kier alpha value is -2.71. The van der Waals surface area contributed by atoms with Crippen LogP contribution in [0.1, 0.15) is 10.4 Å². The van der Waals surface area contributed by atoms with Crippen LogP contribution in [0, 0.1) is 0 Å². The van der Waals surface area contributed by atoms with Crippen LogP contribution in [0.3, 0.4) is 0 Å². The Labute approximate surface area is 189 Å². The fourth-order valence-corrected chi connectivity index (χ4v) is 7.02. The lowest BCUT2D eigenvalue weighted by molar-refractivity contribution is 0.102. The van der Waals surface area contributed by atoms with Crippen molar-refractivity contribution in [1.82, 2.24) is 18.8 Å². The fraction of sp³-hybridized carbons (Fsp3) is 0.211. The van der Waals surface area contributed by atoms with Gasteiger partial charge in [-0.15, -0.1) is 10.2 Å². The van der Waals surface area contributed by atoms with Gasteiger partial charge in [0.15, 0.2) is 0 Å². The van der Waals surface area contributed by atoms with Crippen molar-refractivity contribution in [3.8, 4) is 0 Å². The summed E-state index contributed by atoms with van der Waals surface area (Å²) in [6, 6.07) is 16.4. The molecule has 0 radical (unpaired) electrons. The van der Waals surface area contributed by atoms with Crippen LogP contribution in [-0.2, 0) is 20.0 Å². The summed E-state index contributed by atoms with van der Waals surface area (Å²) in [4.78, 5) is 12.4. The molecular formula is C19H19N5O5S3. The van der Waals surface area contributed by atoms with Gasteiger partial charge in [-0.3, -0.25) is 10.1 Å². The predicted octanol–water partition coefficient (Wildman–Crippen LogP) is 1.49. The molecule has 1 saturated heterocycles. The quantitative estimate of drug-likeness (QED) is 0.515. The van der Waals surface area contributed by atoms with Crippen LogP contribution in [0.2, 0.25) is 0 Å². The predicted molar refractivity (Wildman–Crippen MR) is 118 cm³/mol.